The highest BCUT2D eigenvalue weighted by Gasteiger charge is 2.44. The molecule has 1 saturated carbocycles. The predicted molar refractivity (Wildman–Crippen MR) is 104 cm³/mol. The van der Waals surface area contributed by atoms with Crippen molar-refractivity contribution in [1.29, 1.82) is 0 Å². The molecule has 1 atom stereocenters. The summed E-state index contributed by atoms with van der Waals surface area (Å²) in [6, 6.07) is 8.50. The molecule has 25 heavy (non-hydrogen) atoms. The van der Waals surface area contributed by atoms with Gasteiger partial charge in [0.1, 0.15) is 6.61 Å². The summed E-state index contributed by atoms with van der Waals surface area (Å²) in [6.07, 6.45) is 3.72. The Hall–Kier alpha value is -0.970. The monoisotopic (exact) mass is 386 g/mol. The number of carbonyl (C=O) groups is 1. The van der Waals surface area contributed by atoms with E-state index in [0.717, 1.165) is 30.7 Å². The Morgan fingerprint density at radius 1 is 1.36 bits per heavy atom. The molecule has 2 aliphatic rings. The van der Waals surface area contributed by atoms with Crippen molar-refractivity contribution >= 4 is 30.1 Å². The second-order valence-corrected chi connectivity index (χ2v) is 7.96. The lowest BCUT2D eigenvalue weighted by molar-refractivity contribution is 0.108. The van der Waals surface area contributed by atoms with Gasteiger partial charge in [0.15, 0.2) is 0 Å². The maximum Gasteiger partial charge on any atom is 0.410 e. The van der Waals surface area contributed by atoms with E-state index in [2.05, 4.69) is 19.9 Å². The summed E-state index contributed by atoms with van der Waals surface area (Å²) >= 11 is 6.18. The summed E-state index contributed by atoms with van der Waals surface area (Å²) in [5, 5.41) is 0.755. The highest BCUT2D eigenvalue weighted by molar-refractivity contribution is 6.30. The first kappa shape index (κ1) is 20.3. The van der Waals surface area contributed by atoms with Crippen LogP contribution in [-0.2, 0) is 10.2 Å². The number of hydrogen-bond acceptors (Lipinski definition) is 3. The van der Waals surface area contributed by atoms with Gasteiger partial charge in [0.05, 0.1) is 6.04 Å². The molecule has 6 heteroatoms. The quantitative estimate of drug-likeness (QED) is 0.834. The number of amides is 1. The molecule has 1 aromatic carbocycles. The number of rotatable bonds is 4. The summed E-state index contributed by atoms with van der Waals surface area (Å²) in [6.45, 7) is 5.43. The zero-order valence-corrected chi connectivity index (χ0v) is 16.5. The second-order valence-electron chi connectivity index (χ2n) is 7.52. The van der Waals surface area contributed by atoms with Gasteiger partial charge in [0, 0.05) is 23.0 Å². The molecule has 0 aromatic heterocycles. The zero-order chi connectivity index (χ0) is 17.3. The van der Waals surface area contributed by atoms with Gasteiger partial charge in [-0.15, -0.1) is 12.4 Å². The van der Waals surface area contributed by atoms with Gasteiger partial charge in [-0.05, 0) is 49.3 Å². The summed E-state index contributed by atoms with van der Waals surface area (Å²) in [5.74, 6) is 0.408. The minimum absolute atomic E-state index is 0. The van der Waals surface area contributed by atoms with Gasteiger partial charge in [-0.1, -0.05) is 37.6 Å². The number of nitrogens with two attached hydrogens (primary N) is 1. The number of halogens is 2. The lowest BCUT2D eigenvalue weighted by Crippen LogP contribution is -2.49. The molecule has 0 bridgehead atoms. The predicted octanol–water partition coefficient (Wildman–Crippen LogP) is 4.38. The van der Waals surface area contributed by atoms with E-state index in [1.165, 1.54) is 5.56 Å². The molecule has 1 saturated heterocycles. The van der Waals surface area contributed by atoms with Crippen LogP contribution in [0.1, 0.15) is 45.1 Å². The van der Waals surface area contributed by atoms with Crippen LogP contribution in [0.25, 0.3) is 0 Å². The highest BCUT2D eigenvalue weighted by atomic mass is 35.5. The Morgan fingerprint density at radius 2 is 2.04 bits per heavy atom. The third-order valence-corrected chi connectivity index (χ3v) is 6.08. The molecule has 1 heterocycles. The smallest absolute Gasteiger partial charge is 0.410 e. The van der Waals surface area contributed by atoms with Crippen molar-refractivity contribution in [1.82, 2.24) is 4.90 Å². The molecule has 1 amide bonds. The van der Waals surface area contributed by atoms with Gasteiger partial charge in [-0.25, -0.2) is 4.79 Å². The minimum atomic E-state index is -0.151. The highest BCUT2D eigenvalue weighted by Crippen LogP contribution is 2.42. The molecule has 3 rings (SSSR count). The number of benzene rings is 1. The lowest BCUT2D eigenvalue weighted by Gasteiger charge is -2.43. The molecular weight excluding hydrogens is 359 g/mol. The molecule has 140 valence electrons. The van der Waals surface area contributed by atoms with Crippen LogP contribution in [0.15, 0.2) is 24.3 Å². The van der Waals surface area contributed by atoms with Gasteiger partial charge >= 0.3 is 6.09 Å². The average Bonchev–Trinajstić information content (AvgIpc) is 2.97. The average molecular weight is 387 g/mol. The Balaban J connectivity index is 0.00000225. The Labute approximate surface area is 161 Å². The van der Waals surface area contributed by atoms with Crippen LogP contribution in [0.4, 0.5) is 4.79 Å². The molecule has 0 unspecified atom stereocenters. The van der Waals surface area contributed by atoms with E-state index in [1.54, 1.807) is 0 Å². The lowest BCUT2D eigenvalue weighted by atomic mass is 9.68. The van der Waals surface area contributed by atoms with Crippen LogP contribution in [-0.4, -0.2) is 36.2 Å². The third kappa shape index (κ3) is 3.91. The minimum Gasteiger partial charge on any atom is -0.447 e. The Bertz CT molecular complexity index is 601. The maximum absolute atomic E-state index is 12.2. The van der Waals surface area contributed by atoms with E-state index in [0.29, 0.717) is 19.1 Å². The summed E-state index contributed by atoms with van der Waals surface area (Å²) in [7, 11) is 0. The van der Waals surface area contributed by atoms with Crippen molar-refractivity contribution in [2.75, 3.05) is 13.2 Å². The third-order valence-electron chi connectivity index (χ3n) is 5.85. The van der Waals surface area contributed by atoms with E-state index in [1.807, 2.05) is 23.1 Å². The SMILES string of the molecule is CC(C)[C@@H]1COC(=O)N1[C@H]1CC[C@](CN)(c2cccc(Cl)c2)CC1.Cl. The van der Waals surface area contributed by atoms with Crippen molar-refractivity contribution in [3.05, 3.63) is 34.9 Å². The van der Waals surface area contributed by atoms with Crippen molar-refractivity contribution in [3.63, 3.8) is 0 Å². The first-order chi connectivity index (χ1) is 11.5. The number of hydrogen-bond donors (Lipinski definition) is 1. The van der Waals surface area contributed by atoms with Crippen LogP contribution in [0.3, 0.4) is 0 Å². The molecule has 1 aliphatic heterocycles. The Kier molecular flexibility index (Phi) is 6.63. The normalized spacial score (nSPS) is 29.5. The molecule has 0 radical (unpaired) electrons. The molecule has 4 nitrogen and oxygen atoms in total. The van der Waals surface area contributed by atoms with E-state index in [-0.39, 0.29) is 36.0 Å². The number of ether oxygens (including phenoxy) is 1. The van der Waals surface area contributed by atoms with Crippen molar-refractivity contribution in [2.45, 2.75) is 57.0 Å². The van der Waals surface area contributed by atoms with E-state index in [9.17, 15) is 4.79 Å². The van der Waals surface area contributed by atoms with Gasteiger partial charge in [0.25, 0.3) is 0 Å². The molecule has 2 N–H and O–H groups in total. The van der Waals surface area contributed by atoms with Crippen LogP contribution in [0.2, 0.25) is 5.02 Å². The van der Waals surface area contributed by atoms with Crippen LogP contribution >= 0.6 is 24.0 Å². The van der Waals surface area contributed by atoms with Crippen LogP contribution in [0, 0.1) is 5.92 Å². The molecule has 1 aliphatic carbocycles. The topological polar surface area (TPSA) is 55.6 Å². The first-order valence-electron chi connectivity index (χ1n) is 8.88. The fourth-order valence-electron chi connectivity index (χ4n) is 4.24. The Morgan fingerprint density at radius 3 is 2.60 bits per heavy atom. The van der Waals surface area contributed by atoms with Gasteiger partial charge in [-0.3, -0.25) is 4.90 Å². The zero-order valence-electron chi connectivity index (χ0n) is 14.9. The van der Waals surface area contributed by atoms with Gasteiger partial charge in [-0.2, -0.15) is 0 Å². The van der Waals surface area contributed by atoms with Crippen LogP contribution in [0.5, 0.6) is 0 Å². The fourth-order valence-corrected chi connectivity index (χ4v) is 4.43. The fraction of sp³-hybridized carbons (Fsp3) is 0.632. The van der Waals surface area contributed by atoms with Crippen LogP contribution < -0.4 is 5.73 Å². The molecule has 2 fully saturated rings. The van der Waals surface area contributed by atoms with Crippen molar-refractivity contribution < 1.29 is 9.53 Å². The molecule has 0 spiro atoms. The largest absolute Gasteiger partial charge is 0.447 e. The summed E-state index contributed by atoms with van der Waals surface area (Å²) < 4.78 is 5.32. The van der Waals surface area contributed by atoms with Gasteiger partial charge < -0.3 is 10.5 Å². The maximum atomic E-state index is 12.2. The van der Waals surface area contributed by atoms with Crippen molar-refractivity contribution in [3.8, 4) is 0 Å². The standard InChI is InChI=1S/C19H27ClN2O2.ClH/c1-13(2)17-11-24-18(23)22(17)16-6-8-19(12-21,9-7-16)14-4-3-5-15(20)10-14;/h3-5,10,13,16-17H,6-9,11-12,21H2,1-2H3;1H/t16-,17-,19-;/m0./s1. The second kappa shape index (κ2) is 8.15. The summed E-state index contributed by atoms with van der Waals surface area (Å²) in [5.41, 5.74) is 7.37. The number of nitrogens with zero attached hydrogens (tertiary/aromatic N) is 1. The van der Waals surface area contributed by atoms with Gasteiger partial charge in [0.2, 0.25) is 0 Å². The first-order valence-corrected chi connectivity index (χ1v) is 9.26. The number of carbonyl (C=O) groups excluding carboxylic acids is 1. The molecule has 1 aromatic rings. The van der Waals surface area contributed by atoms with E-state index in [4.69, 9.17) is 22.1 Å². The molecular formula is C19H28Cl2N2O2. The van der Waals surface area contributed by atoms with Crippen molar-refractivity contribution in [2.24, 2.45) is 11.7 Å². The van der Waals surface area contributed by atoms with E-state index < -0.39 is 0 Å². The number of cyclic esters (lactones) is 1. The van der Waals surface area contributed by atoms with E-state index >= 15 is 0 Å². The summed E-state index contributed by atoms with van der Waals surface area (Å²) in [4.78, 5) is 14.2.